The molecule has 1 aliphatic heterocycles. The molecule has 32 heavy (non-hydrogen) atoms. The van der Waals surface area contributed by atoms with Crippen LogP contribution in [0.25, 0.3) is 0 Å². The standard InChI is InChI=1S/C20H20Br2N4O5S/c1-31-17-5-3-15(4-6-17)26(20(27)28)11-16-9-14(10-25(16)12-23)24-32(29,30)19-8-13(21)2-7-18(19)22/h2-8,14,16,24H,9-11H2,1H3,(H,27,28)/t14-,16-/m1/s1. The Bertz CT molecular complexity index is 1140. The Balaban J connectivity index is 1.76. The Morgan fingerprint density at radius 1 is 1.31 bits per heavy atom. The van der Waals surface area contributed by atoms with E-state index in [0.29, 0.717) is 20.4 Å². The molecule has 3 rings (SSSR count). The van der Waals surface area contributed by atoms with Crippen molar-refractivity contribution in [3.63, 3.8) is 0 Å². The molecule has 0 aliphatic carbocycles. The number of halogens is 2. The SMILES string of the molecule is COc1ccc(N(C[C@H]2C[C@@H](NS(=O)(=O)c3cc(Br)ccc3Br)CN2C#N)C(=O)O)cc1. The number of benzene rings is 2. The average Bonchev–Trinajstić information content (AvgIpc) is 3.14. The summed E-state index contributed by atoms with van der Waals surface area (Å²) in [5.74, 6) is 0.590. The van der Waals surface area contributed by atoms with Crippen molar-refractivity contribution in [2.45, 2.75) is 23.4 Å². The van der Waals surface area contributed by atoms with Crippen molar-refractivity contribution in [1.82, 2.24) is 9.62 Å². The summed E-state index contributed by atoms with van der Waals surface area (Å²) >= 11 is 6.52. The van der Waals surface area contributed by atoms with Crippen LogP contribution in [0.15, 0.2) is 56.3 Å². The molecule has 1 heterocycles. The molecule has 0 spiro atoms. The number of nitriles is 1. The maximum absolute atomic E-state index is 12.9. The van der Waals surface area contributed by atoms with Crippen molar-refractivity contribution in [1.29, 1.82) is 5.26 Å². The molecular weight excluding hydrogens is 568 g/mol. The molecule has 1 fully saturated rings. The highest BCUT2D eigenvalue weighted by molar-refractivity contribution is 9.11. The van der Waals surface area contributed by atoms with Gasteiger partial charge < -0.3 is 14.7 Å². The third-order valence-corrected chi connectivity index (χ3v) is 8.06. The van der Waals surface area contributed by atoms with Crippen LogP contribution in [0.3, 0.4) is 0 Å². The van der Waals surface area contributed by atoms with Crippen molar-refractivity contribution < 1.29 is 23.1 Å². The molecule has 9 nitrogen and oxygen atoms in total. The second-order valence-electron chi connectivity index (χ2n) is 7.13. The van der Waals surface area contributed by atoms with E-state index in [9.17, 15) is 23.6 Å². The number of nitrogens with one attached hydrogen (secondary N) is 1. The molecule has 170 valence electrons. The van der Waals surface area contributed by atoms with E-state index in [1.165, 1.54) is 18.1 Å². The van der Waals surface area contributed by atoms with E-state index < -0.39 is 28.2 Å². The van der Waals surface area contributed by atoms with E-state index in [1.807, 2.05) is 6.19 Å². The van der Waals surface area contributed by atoms with E-state index in [0.717, 1.165) is 4.90 Å². The van der Waals surface area contributed by atoms with E-state index >= 15 is 0 Å². The number of carboxylic acid groups (broad SMARTS) is 1. The topological polar surface area (TPSA) is 123 Å². The lowest BCUT2D eigenvalue weighted by Gasteiger charge is -2.26. The minimum Gasteiger partial charge on any atom is -0.497 e. The normalized spacial score (nSPS) is 18.2. The Morgan fingerprint density at radius 3 is 2.59 bits per heavy atom. The number of hydrogen-bond acceptors (Lipinski definition) is 6. The van der Waals surface area contributed by atoms with E-state index in [2.05, 4.69) is 36.6 Å². The van der Waals surface area contributed by atoms with Gasteiger partial charge in [-0.2, -0.15) is 5.26 Å². The molecule has 2 N–H and O–H groups in total. The van der Waals surface area contributed by atoms with Crippen molar-refractivity contribution in [2.75, 3.05) is 25.1 Å². The number of nitrogens with zero attached hydrogens (tertiary/aromatic N) is 3. The average molecular weight is 588 g/mol. The van der Waals surface area contributed by atoms with E-state index in [4.69, 9.17) is 4.74 Å². The Hall–Kier alpha value is -2.33. The van der Waals surface area contributed by atoms with Gasteiger partial charge >= 0.3 is 6.09 Å². The summed E-state index contributed by atoms with van der Waals surface area (Å²) in [7, 11) is -2.35. The molecule has 12 heteroatoms. The maximum Gasteiger partial charge on any atom is 0.411 e. The zero-order chi connectivity index (χ0) is 23.5. The van der Waals surface area contributed by atoms with Gasteiger partial charge in [0, 0.05) is 27.2 Å². The first-order valence-corrected chi connectivity index (χ1v) is 12.5. The first-order valence-electron chi connectivity index (χ1n) is 9.43. The summed E-state index contributed by atoms with van der Waals surface area (Å²) in [5.41, 5.74) is 0.429. The molecular formula is C20H20Br2N4O5S. The molecule has 2 aromatic carbocycles. The van der Waals surface area contributed by atoms with Gasteiger partial charge in [-0.15, -0.1) is 0 Å². The van der Waals surface area contributed by atoms with Crippen LogP contribution >= 0.6 is 31.9 Å². The van der Waals surface area contributed by atoms with Gasteiger partial charge in [-0.25, -0.2) is 17.9 Å². The van der Waals surface area contributed by atoms with Gasteiger partial charge in [0.1, 0.15) is 5.75 Å². The Morgan fingerprint density at radius 2 is 2.00 bits per heavy atom. The van der Waals surface area contributed by atoms with Crippen LogP contribution in [0.1, 0.15) is 6.42 Å². The minimum atomic E-state index is -3.86. The van der Waals surface area contributed by atoms with Crippen LogP contribution in [0.4, 0.5) is 10.5 Å². The van der Waals surface area contributed by atoms with E-state index in [1.54, 1.807) is 36.4 Å². The predicted octanol–water partition coefficient (Wildman–Crippen LogP) is 3.61. The van der Waals surface area contributed by atoms with Crippen LogP contribution < -0.4 is 14.4 Å². The molecule has 0 saturated carbocycles. The first-order chi connectivity index (χ1) is 15.1. The van der Waals surface area contributed by atoms with Crippen LogP contribution in [0, 0.1) is 11.5 Å². The highest BCUT2D eigenvalue weighted by Gasteiger charge is 2.36. The number of hydrogen-bond donors (Lipinski definition) is 2. The number of methoxy groups -OCH3 is 1. The zero-order valence-corrected chi connectivity index (χ0v) is 20.9. The van der Waals surface area contributed by atoms with Crippen molar-refractivity contribution in [2.24, 2.45) is 0 Å². The maximum atomic E-state index is 12.9. The number of amides is 1. The van der Waals surface area contributed by atoms with E-state index in [-0.39, 0.29) is 24.4 Å². The third kappa shape index (κ3) is 5.53. The first kappa shape index (κ1) is 24.3. The molecule has 1 amide bonds. The predicted molar refractivity (Wildman–Crippen MR) is 125 cm³/mol. The van der Waals surface area contributed by atoms with Crippen LogP contribution in [0.2, 0.25) is 0 Å². The summed E-state index contributed by atoms with van der Waals surface area (Å²) in [6.45, 7) is 0.149. The Labute approximate surface area is 202 Å². The number of carbonyl (C=O) groups is 1. The van der Waals surface area contributed by atoms with Crippen molar-refractivity contribution >= 4 is 53.7 Å². The lowest BCUT2D eigenvalue weighted by atomic mass is 10.1. The number of likely N-dealkylation sites (tertiary alicyclic amines) is 1. The van der Waals surface area contributed by atoms with Gasteiger partial charge in [-0.3, -0.25) is 4.90 Å². The summed E-state index contributed by atoms with van der Waals surface area (Å²) in [6.07, 6.45) is 1.15. The fourth-order valence-corrected chi connectivity index (χ4v) is 6.27. The lowest BCUT2D eigenvalue weighted by molar-refractivity contribution is 0.199. The van der Waals surface area contributed by atoms with Gasteiger partial charge in [-0.1, -0.05) is 15.9 Å². The second-order valence-corrected chi connectivity index (χ2v) is 10.6. The fraction of sp³-hybridized carbons (Fsp3) is 0.300. The van der Waals surface area contributed by atoms with Crippen molar-refractivity contribution in [3.8, 4) is 11.9 Å². The highest BCUT2D eigenvalue weighted by atomic mass is 79.9. The monoisotopic (exact) mass is 586 g/mol. The molecule has 2 aromatic rings. The third-order valence-electron chi connectivity index (χ3n) is 5.06. The molecule has 1 saturated heterocycles. The van der Waals surface area contributed by atoms with Crippen molar-refractivity contribution in [3.05, 3.63) is 51.4 Å². The highest BCUT2D eigenvalue weighted by Crippen LogP contribution is 2.28. The van der Waals surface area contributed by atoms with Gasteiger partial charge in [0.2, 0.25) is 10.0 Å². The lowest BCUT2D eigenvalue weighted by Crippen LogP contribution is -2.41. The summed E-state index contributed by atoms with van der Waals surface area (Å²) in [6, 6.07) is 10.3. The van der Waals surface area contributed by atoms with Crippen LogP contribution in [0.5, 0.6) is 5.75 Å². The molecule has 1 aliphatic rings. The number of sulfonamides is 1. The molecule has 2 atom stereocenters. The summed E-state index contributed by atoms with van der Waals surface area (Å²) < 4.78 is 34.6. The van der Waals surface area contributed by atoms with Gasteiger partial charge in [0.15, 0.2) is 6.19 Å². The molecule has 0 unspecified atom stereocenters. The number of anilines is 1. The minimum absolute atomic E-state index is 0.00797. The van der Waals surface area contributed by atoms with Gasteiger partial charge in [0.25, 0.3) is 0 Å². The summed E-state index contributed by atoms with van der Waals surface area (Å²) in [5, 5.41) is 19.2. The quantitative estimate of drug-likeness (QED) is 0.474. The van der Waals surface area contributed by atoms with Crippen LogP contribution in [-0.4, -0.2) is 56.8 Å². The molecule has 0 aromatic heterocycles. The van der Waals surface area contributed by atoms with Gasteiger partial charge in [-0.05, 0) is 64.8 Å². The largest absolute Gasteiger partial charge is 0.497 e. The summed E-state index contributed by atoms with van der Waals surface area (Å²) in [4.78, 5) is 14.5. The second kappa shape index (κ2) is 10.1. The number of ether oxygens (including phenoxy) is 1. The van der Waals surface area contributed by atoms with Crippen LogP contribution in [-0.2, 0) is 10.0 Å². The number of rotatable bonds is 7. The molecule has 0 bridgehead atoms. The fourth-order valence-electron chi connectivity index (χ4n) is 3.53. The van der Waals surface area contributed by atoms with Gasteiger partial charge in [0.05, 0.1) is 24.6 Å². The molecule has 0 radical (unpaired) electrons. The Kier molecular flexibility index (Phi) is 7.66. The zero-order valence-electron chi connectivity index (χ0n) is 16.9. The smallest absolute Gasteiger partial charge is 0.411 e.